The van der Waals surface area contributed by atoms with Gasteiger partial charge in [0.1, 0.15) is 18.7 Å². The predicted molar refractivity (Wildman–Crippen MR) is 128 cm³/mol. The van der Waals surface area contributed by atoms with Gasteiger partial charge in [-0.2, -0.15) is 0 Å². The number of aryl methyl sites for hydroxylation is 1. The molecule has 0 radical (unpaired) electrons. The topological polar surface area (TPSA) is 85.2 Å². The Labute approximate surface area is 188 Å². The Morgan fingerprint density at radius 2 is 1.94 bits per heavy atom. The molecule has 0 aliphatic rings. The van der Waals surface area contributed by atoms with Gasteiger partial charge >= 0.3 is 0 Å². The van der Waals surface area contributed by atoms with Crippen molar-refractivity contribution in [3.8, 4) is 11.4 Å². The van der Waals surface area contributed by atoms with E-state index in [0.29, 0.717) is 41.1 Å². The molecule has 0 bridgehead atoms. The van der Waals surface area contributed by atoms with Crippen molar-refractivity contribution >= 4 is 16.8 Å². The maximum atomic E-state index is 13.3. The second-order valence-corrected chi connectivity index (χ2v) is 9.05. The van der Waals surface area contributed by atoms with Crippen molar-refractivity contribution < 1.29 is 9.53 Å². The lowest BCUT2D eigenvalue weighted by atomic mass is 9.97. The molecule has 7 nitrogen and oxygen atoms in total. The van der Waals surface area contributed by atoms with Crippen LogP contribution in [0.25, 0.3) is 16.6 Å². The number of carbonyl (C=O) groups is 1. The van der Waals surface area contributed by atoms with Crippen molar-refractivity contribution in [2.75, 3.05) is 26.2 Å². The number of nitrogens with one attached hydrogen (secondary N) is 2. The molecule has 1 aromatic heterocycles. The molecule has 0 aliphatic heterocycles. The summed E-state index contributed by atoms with van der Waals surface area (Å²) in [6, 6.07) is 10.6. The van der Waals surface area contributed by atoms with Gasteiger partial charge in [-0.25, -0.2) is 4.98 Å². The van der Waals surface area contributed by atoms with E-state index in [1.807, 2.05) is 26.0 Å². The van der Waals surface area contributed by atoms with Gasteiger partial charge in [-0.3, -0.25) is 14.2 Å². The van der Waals surface area contributed by atoms with Gasteiger partial charge < -0.3 is 15.4 Å². The molecule has 1 heterocycles. The number of rotatable bonds is 8. The fraction of sp³-hybridized carbons (Fsp3) is 0.400. The van der Waals surface area contributed by atoms with Crippen LogP contribution in [0.3, 0.4) is 0 Å². The van der Waals surface area contributed by atoms with Crippen molar-refractivity contribution in [2.24, 2.45) is 5.41 Å². The van der Waals surface area contributed by atoms with Crippen molar-refractivity contribution in [3.05, 3.63) is 64.2 Å². The number of carbonyl (C=O) groups excluding carboxylic acids is 1. The van der Waals surface area contributed by atoms with E-state index in [1.54, 1.807) is 24.3 Å². The van der Waals surface area contributed by atoms with Crippen LogP contribution in [0.1, 0.15) is 43.6 Å². The molecule has 2 aromatic carbocycles. The summed E-state index contributed by atoms with van der Waals surface area (Å²) in [5.41, 5.74) is 2.61. The van der Waals surface area contributed by atoms with E-state index < -0.39 is 0 Å². The first-order chi connectivity index (χ1) is 15.2. The van der Waals surface area contributed by atoms with Crippen LogP contribution in [0.15, 0.2) is 47.5 Å². The number of ether oxygens (including phenoxy) is 1. The van der Waals surface area contributed by atoms with Crippen LogP contribution in [-0.4, -0.2) is 41.7 Å². The van der Waals surface area contributed by atoms with Gasteiger partial charge in [-0.1, -0.05) is 26.8 Å². The largest absolute Gasteiger partial charge is 0.492 e. The molecule has 32 heavy (non-hydrogen) atoms. The summed E-state index contributed by atoms with van der Waals surface area (Å²) < 4.78 is 7.32. The highest BCUT2D eigenvalue weighted by molar-refractivity contribution is 5.94. The highest BCUT2D eigenvalue weighted by Crippen LogP contribution is 2.19. The van der Waals surface area contributed by atoms with E-state index in [0.717, 1.165) is 18.7 Å². The molecule has 7 heteroatoms. The van der Waals surface area contributed by atoms with Crippen molar-refractivity contribution in [2.45, 2.75) is 34.6 Å². The number of fused-ring (bicyclic) bond motifs is 1. The van der Waals surface area contributed by atoms with Crippen molar-refractivity contribution in [1.29, 1.82) is 0 Å². The molecule has 0 aliphatic carbocycles. The summed E-state index contributed by atoms with van der Waals surface area (Å²) in [4.78, 5) is 30.0. The minimum atomic E-state index is -0.206. The highest BCUT2D eigenvalue weighted by Gasteiger charge is 2.13. The van der Waals surface area contributed by atoms with E-state index in [-0.39, 0.29) is 16.9 Å². The molecule has 0 saturated carbocycles. The maximum absolute atomic E-state index is 13.3. The number of amides is 1. The Hall–Kier alpha value is -3.19. The minimum absolute atomic E-state index is 0.175. The SMILES string of the molecule is CCNC(=O)c1ccc(C)c(-n2cnc3ccc(OCCNCC(C)(C)C)cc3c2=O)c1. The van der Waals surface area contributed by atoms with Crippen LogP contribution in [0.4, 0.5) is 0 Å². The van der Waals surface area contributed by atoms with Gasteiger partial charge in [-0.05, 0) is 55.2 Å². The third-order valence-corrected chi connectivity index (χ3v) is 5.00. The molecule has 0 unspecified atom stereocenters. The van der Waals surface area contributed by atoms with Crippen LogP contribution < -0.4 is 20.9 Å². The zero-order valence-electron chi connectivity index (χ0n) is 19.5. The second kappa shape index (κ2) is 9.96. The molecule has 170 valence electrons. The summed E-state index contributed by atoms with van der Waals surface area (Å²) in [6.45, 7) is 13.0. The first-order valence-corrected chi connectivity index (χ1v) is 10.9. The Balaban J connectivity index is 1.86. The van der Waals surface area contributed by atoms with Gasteiger partial charge in [0.2, 0.25) is 0 Å². The lowest BCUT2D eigenvalue weighted by Crippen LogP contribution is -2.30. The van der Waals surface area contributed by atoms with Gasteiger partial charge in [0.05, 0.1) is 16.6 Å². The number of hydrogen-bond donors (Lipinski definition) is 2. The normalized spacial score (nSPS) is 11.5. The molecule has 3 rings (SSSR count). The zero-order chi connectivity index (χ0) is 23.3. The summed E-state index contributed by atoms with van der Waals surface area (Å²) in [5.74, 6) is 0.450. The Bertz CT molecular complexity index is 1160. The summed E-state index contributed by atoms with van der Waals surface area (Å²) in [5, 5.41) is 6.62. The molecule has 0 atom stereocenters. The van der Waals surface area contributed by atoms with E-state index in [2.05, 4.69) is 36.4 Å². The zero-order valence-corrected chi connectivity index (χ0v) is 19.5. The molecule has 2 N–H and O–H groups in total. The molecule has 0 saturated heterocycles. The average molecular weight is 437 g/mol. The highest BCUT2D eigenvalue weighted by atomic mass is 16.5. The van der Waals surface area contributed by atoms with Gasteiger partial charge in [0, 0.05) is 25.2 Å². The molecule has 0 fully saturated rings. The number of nitrogens with zero attached hydrogens (tertiary/aromatic N) is 2. The summed E-state index contributed by atoms with van der Waals surface area (Å²) in [7, 11) is 0. The molecule has 3 aromatic rings. The van der Waals surface area contributed by atoms with Crippen LogP contribution >= 0.6 is 0 Å². The first kappa shape index (κ1) is 23.5. The fourth-order valence-electron chi connectivity index (χ4n) is 3.34. The third kappa shape index (κ3) is 5.73. The number of aromatic nitrogens is 2. The maximum Gasteiger partial charge on any atom is 0.265 e. The fourth-order valence-corrected chi connectivity index (χ4v) is 3.34. The molecule has 0 spiro atoms. The third-order valence-electron chi connectivity index (χ3n) is 5.00. The van der Waals surface area contributed by atoms with Crippen molar-refractivity contribution in [1.82, 2.24) is 20.2 Å². The monoisotopic (exact) mass is 436 g/mol. The smallest absolute Gasteiger partial charge is 0.265 e. The summed E-state index contributed by atoms with van der Waals surface area (Å²) in [6.07, 6.45) is 1.51. The molecular weight excluding hydrogens is 404 g/mol. The van der Waals surface area contributed by atoms with Gasteiger partial charge in [0.25, 0.3) is 11.5 Å². The quantitative estimate of drug-likeness (QED) is 0.528. The molecular formula is C25H32N4O3. The van der Waals surface area contributed by atoms with Gasteiger partial charge in [0.15, 0.2) is 0 Å². The van der Waals surface area contributed by atoms with E-state index in [1.165, 1.54) is 10.9 Å². The average Bonchev–Trinajstić information content (AvgIpc) is 2.74. The Kier molecular flexibility index (Phi) is 7.30. The van der Waals surface area contributed by atoms with Crippen LogP contribution in [0.2, 0.25) is 0 Å². The Morgan fingerprint density at radius 3 is 2.66 bits per heavy atom. The van der Waals surface area contributed by atoms with Crippen LogP contribution in [0.5, 0.6) is 5.75 Å². The minimum Gasteiger partial charge on any atom is -0.492 e. The van der Waals surface area contributed by atoms with E-state index in [9.17, 15) is 9.59 Å². The number of hydrogen-bond acceptors (Lipinski definition) is 5. The Morgan fingerprint density at radius 1 is 1.16 bits per heavy atom. The lowest BCUT2D eigenvalue weighted by molar-refractivity contribution is 0.0956. The standard InChI is InChI=1S/C25H32N4O3/c1-6-27-23(30)18-8-7-17(2)22(13-18)29-16-28-21-10-9-19(14-20(21)24(29)31)32-12-11-26-15-25(3,4)5/h7-10,13-14,16,26H,6,11-12,15H2,1-5H3,(H,27,30). The van der Waals surface area contributed by atoms with E-state index in [4.69, 9.17) is 4.74 Å². The van der Waals surface area contributed by atoms with Gasteiger partial charge in [-0.15, -0.1) is 0 Å². The number of benzene rings is 2. The van der Waals surface area contributed by atoms with Crippen LogP contribution in [0, 0.1) is 12.3 Å². The molecule has 1 amide bonds. The van der Waals surface area contributed by atoms with Crippen molar-refractivity contribution in [3.63, 3.8) is 0 Å². The first-order valence-electron chi connectivity index (χ1n) is 10.9. The van der Waals surface area contributed by atoms with E-state index >= 15 is 0 Å². The predicted octanol–water partition coefficient (Wildman–Crippen LogP) is 3.46. The lowest BCUT2D eigenvalue weighted by Gasteiger charge is -2.18. The van der Waals surface area contributed by atoms with Crippen LogP contribution in [-0.2, 0) is 0 Å². The second-order valence-electron chi connectivity index (χ2n) is 9.05. The summed E-state index contributed by atoms with van der Waals surface area (Å²) >= 11 is 0.